The predicted molar refractivity (Wildman–Crippen MR) is 79.8 cm³/mol. The van der Waals surface area contributed by atoms with Gasteiger partial charge in [0.15, 0.2) is 0 Å². The minimum atomic E-state index is -0.455. The van der Waals surface area contributed by atoms with Crippen LogP contribution in [0.4, 0.5) is 0 Å². The second kappa shape index (κ2) is 6.17. The molecule has 1 aliphatic heterocycles. The fraction of sp³-hybridized carbons (Fsp3) is 0.125. The number of halogens is 1. The van der Waals surface area contributed by atoms with Crippen LogP contribution >= 0.6 is 11.6 Å². The lowest BCUT2D eigenvalue weighted by Crippen LogP contribution is -2.31. The number of fused-ring (bicyclic) bond motifs is 1. The largest absolute Gasteiger partial charge is 0.491 e. The van der Waals surface area contributed by atoms with E-state index in [1.807, 2.05) is 0 Å². The van der Waals surface area contributed by atoms with E-state index < -0.39 is 11.8 Å². The van der Waals surface area contributed by atoms with Crippen LogP contribution in [-0.4, -0.2) is 30.1 Å². The molecule has 0 spiro atoms. The normalized spacial score (nSPS) is 13.4. The fourth-order valence-corrected chi connectivity index (χ4v) is 2.31. The molecule has 0 bridgehead atoms. The molecule has 0 aliphatic carbocycles. The zero-order valence-electron chi connectivity index (χ0n) is 11.5. The van der Waals surface area contributed by atoms with Crippen molar-refractivity contribution in [3.63, 3.8) is 0 Å². The van der Waals surface area contributed by atoms with Crippen LogP contribution in [-0.2, 0) is 4.84 Å². The van der Waals surface area contributed by atoms with Crippen molar-refractivity contribution >= 4 is 23.4 Å². The van der Waals surface area contributed by atoms with Crippen molar-refractivity contribution in [1.82, 2.24) is 5.06 Å². The number of amides is 2. The number of nitrogens with zero attached hydrogens (tertiary/aromatic N) is 1. The summed E-state index contributed by atoms with van der Waals surface area (Å²) in [6, 6.07) is 13.5. The maximum absolute atomic E-state index is 12.0. The van der Waals surface area contributed by atoms with Crippen LogP contribution in [0, 0.1) is 0 Å². The number of ether oxygens (including phenoxy) is 1. The number of benzene rings is 2. The molecule has 1 aliphatic rings. The van der Waals surface area contributed by atoms with Crippen molar-refractivity contribution in [1.29, 1.82) is 0 Å². The summed E-state index contributed by atoms with van der Waals surface area (Å²) in [5, 5.41) is 1.34. The molecule has 0 saturated carbocycles. The molecule has 1 heterocycles. The predicted octanol–water partition coefficient (Wildman–Crippen LogP) is 2.95. The van der Waals surface area contributed by atoms with E-state index >= 15 is 0 Å². The Bertz CT molecular complexity index is 697. The van der Waals surface area contributed by atoms with E-state index in [0.717, 1.165) is 5.06 Å². The Morgan fingerprint density at radius 2 is 1.59 bits per heavy atom. The Hall–Kier alpha value is -2.37. The van der Waals surface area contributed by atoms with E-state index in [2.05, 4.69) is 0 Å². The summed E-state index contributed by atoms with van der Waals surface area (Å²) in [4.78, 5) is 29.3. The Morgan fingerprint density at radius 1 is 0.909 bits per heavy atom. The molecule has 2 aromatic carbocycles. The Kier molecular flexibility index (Phi) is 4.09. The van der Waals surface area contributed by atoms with E-state index in [-0.39, 0.29) is 13.2 Å². The van der Waals surface area contributed by atoms with Gasteiger partial charge in [-0.25, -0.2) is 0 Å². The Morgan fingerprint density at radius 3 is 2.23 bits per heavy atom. The van der Waals surface area contributed by atoms with Gasteiger partial charge in [-0.05, 0) is 30.3 Å². The highest BCUT2D eigenvalue weighted by Crippen LogP contribution is 2.22. The second-order valence-electron chi connectivity index (χ2n) is 4.59. The van der Waals surface area contributed by atoms with Crippen LogP contribution in [0.3, 0.4) is 0 Å². The van der Waals surface area contributed by atoms with Gasteiger partial charge in [-0.1, -0.05) is 29.8 Å². The van der Waals surface area contributed by atoms with Gasteiger partial charge < -0.3 is 4.74 Å². The van der Waals surface area contributed by atoms with Gasteiger partial charge >= 0.3 is 0 Å². The number of carbonyl (C=O) groups excluding carboxylic acids is 2. The van der Waals surface area contributed by atoms with Crippen molar-refractivity contribution in [2.75, 3.05) is 13.2 Å². The van der Waals surface area contributed by atoms with Gasteiger partial charge in [-0.3, -0.25) is 14.4 Å². The van der Waals surface area contributed by atoms with E-state index in [9.17, 15) is 9.59 Å². The number of carbonyl (C=O) groups is 2. The zero-order valence-corrected chi connectivity index (χ0v) is 12.2. The summed E-state index contributed by atoms with van der Waals surface area (Å²) in [7, 11) is 0. The maximum Gasteiger partial charge on any atom is 0.285 e. The average molecular weight is 318 g/mol. The van der Waals surface area contributed by atoms with Gasteiger partial charge in [0.05, 0.1) is 11.1 Å². The van der Waals surface area contributed by atoms with E-state index in [1.165, 1.54) is 0 Å². The van der Waals surface area contributed by atoms with Crippen LogP contribution in [0.1, 0.15) is 20.7 Å². The van der Waals surface area contributed by atoms with E-state index in [4.69, 9.17) is 21.2 Å². The molecule has 6 heteroatoms. The molecule has 0 saturated heterocycles. The molecule has 3 rings (SSSR count). The van der Waals surface area contributed by atoms with Crippen LogP contribution in [0.25, 0.3) is 0 Å². The zero-order chi connectivity index (χ0) is 15.5. The summed E-state index contributed by atoms with van der Waals surface area (Å²) in [5.74, 6) is -0.315. The number of hydrogen-bond donors (Lipinski definition) is 0. The van der Waals surface area contributed by atoms with Crippen LogP contribution < -0.4 is 4.74 Å². The van der Waals surface area contributed by atoms with Crippen molar-refractivity contribution in [3.05, 3.63) is 64.7 Å². The summed E-state index contributed by atoms with van der Waals surface area (Å²) in [6.45, 7) is 0.256. The molecular formula is C16H12ClNO4. The van der Waals surface area contributed by atoms with Crippen LogP contribution in [0.2, 0.25) is 5.02 Å². The monoisotopic (exact) mass is 317 g/mol. The lowest BCUT2D eigenvalue weighted by atomic mass is 10.1. The van der Waals surface area contributed by atoms with E-state index in [0.29, 0.717) is 21.9 Å². The van der Waals surface area contributed by atoms with Crippen LogP contribution in [0.15, 0.2) is 48.5 Å². The highest BCUT2D eigenvalue weighted by atomic mass is 35.5. The first-order valence-electron chi connectivity index (χ1n) is 6.66. The lowest BCUT2D eigenvalue weighted by molar-refractivity contribution is -0.0976. The summed E-state index contributed by atoms with van der Waals surface area (Å²) in [5.41, 5.74) is 0.700. The van der Waals surface area contributed by atoms with Gasteiger partial charge in [0.1, 0.15) is 19.0 Å². The third-order valence-corrected chi connectivity index (χ3v) is 3.36. The van der Waals surface area contributed by atoms with Crippen molar-refractivity contribution < 1.29 is 19.2 Å². The Balaban J connectivity index is 1.55. The number of rotatable bonds is 5. The van der Waals surface area contributed by atoms with Crippen molar-refractivity contribution in [3.8, 4) is 5.75 Å². The molecule has 112 valence electrons. The average Bonchev–Trinajstić information content (AvgIpc) is 2.77. The molecule has 0 radical (unpaired) electrons. The molecule has 0 atom stereocenters. The molecule has 0 fully saturated rings. The number of hydroxylamine groups is 2. The molecule has 22 heavy (non-hydrogen) atoms. The van der Waals surface area contributed by atoms with E-state index in [1.54, 1.807) is 48.5 Å². The quantitative estimate of drug-likeness (QED) is 0.628. The Labute approximate surface area is 132 Å². The van der Waals surface area contributed by atoms with Gasteiger partial charge in [-0.2, -0.15) is 0 Å². The standard InChI is InChI=1S/C16H12ClNO4/c17-11-4-3-5-12(10-11)21-8-9-22-18-15(19)13-6-1-2-7-14(13)16(18)20/h1-7,10H,8-9H2. The minimum absolute atomic E-state index is 0.0674. The summed E-state index contributed by atoms with van der Waals surface area (Å²) >= 11 is 5.84. The SMILES string of the molecule is O=C1c2ccccc2C(=O)N1OCCOc1cccc(Cl)c1. The van der Waals surface area contributed by atoms with Gasteiger partial charge in [0.25, 0.3) is 11.8 Å². The molecule has 2 amide bonds. The third-order valence-electron chi connectivity index (χ3n) is 3.13. The van der Waals surface area contributed by atoms with Gasteiger partial charge in [0, 0.05) is 5.02 Å². The molecular weight excluding hydrogens is 306 g/mol. The van der Waals surface area contributed by atoms with Crippen LogP contribution in [0.5, 0.6) is 5.75 Å². The first-order valence-corrected chi connectivity index (χ1v) is 7.04. The highest BCUT2D eigenvalue weighted by molar-refractivity contribution is 6.30. The molecule has 0 aromatic heterocycles. The minimum Gasteiger partial charge on any atom is -0.491 e. The second-order valence-corrected chi connectivity index (χ2v) is 5.03. The maximum atomic E-state index is 12.0. The van der Waals surface area contributed by atoms with Gasteiger partial charge in [0.2, 0.25) is 0 Å². The van der Waals surface area contributed by atoms with Gasteiger partial charge in [-0.15, -0.1) is 5.06 Å². The van der Waals surface area contributed by atoms with Crippen molar-refractivity contribution in [2.45, 2.75) is 0 Å². The topological polar surface area (TPSA) is 55.8 Å². The smallest absolute Gasteiger partial charge is 0.285 e. The number of hydrogen-bond acceptors (Lipinski definition) is 4. The molecule has 2 aromatic rings. The highest BCUT2D eigenvalue weighted by Gasteiger charge is 2.36. The summed E-state index contributed by atoms with van der Waals surface area (Å²) in [6.07, 6.45) is 0. The number of imide groups is 1. The van der Waals surface area contributed by atoms with Crippen molar-refractivity contribution in [2.24, 2.45) is 0 Å². The molecule has 0 N–H and O–H groups in total. The molecule has 0 unspecified atom stereocenters. The molecule has 5 nitrogen and oxygen atoms in total. The first-order chi connectivity index (χ1) is 10.7. The lowest BCUT2D eigenvalue weighted by Gasteiger charge is -2.13. The third kappa shape index (κ3) is 2.81. The first kappa shape index (κ1) is 14.6. The fourth-order valence-electron chi connectivity index (χ4n) is 2.13. The summed E-state index contributed by atoms with van der Waals surface area (Å²) < 4.78 is 5.44.